The van der Waals surface area contributed by atoms with Crippen LogP contribution in [0.25, 0.3) is 0 Å². The molecule has 1 fully saturated rings. The molecule has 0 aromatic carbocycles. The molecule has 0 amide bonds. The molecule has 1 saturated heterocycles. The standard InChI is InChI=1S/C10H21NO2S/c12-10(13)9-14-8-4-7-11-5-2-1-3-6-11/h10,12-13H,1-9H2. The first-order valence-corrected chi connectivity index (χ1v) is 6.61. The van der Waals surface area contributed by atoms with Crippen LogP contribution in [-0.4, -0.2) is 52.5 Å². The van der Waals surface area contributed by atoms with E-state index < -0.39 is 6.29 Å². The molecule has 0 saturated carbocycles. The van der Waals surface area contributed by atoms with Crippen molar-refractivity contribution in [2.75, 3.05) is 31.1 Å². The topological polar surface area (TPSA) is 43.7 Å². The van der Waals surface area contributed by atoms with E-state index in [0.717, 1.165) is 12.2 Å². The second-order valence-corrected chi connectivity index (χ2v) is 4.96. The predicted octanol–water partition coefficient (Wildman–Crippen LogP) is 0.906. The molecule has 1 heterocycles. The number of hydrogen-bond acceptors (Lipinski definition) is 4. The zero-order chi connectivity index (χ0) is 10.2. The van der Waals surface area contributed by atoms with Gasteiger partial charge in [0.15, 0.2) is 6.29 Å². The van der Waals surface area contributed by atoms with Crippen molar-refractivity contribution in [3.8, 4) is 0 Å². The Morgan fingerprint density at radius 1 is 1.14 bits per heavy atom. The molecule has 0 unspecified atom stereocenters. The summed E-state index contributed by atoms with van der Waals surface area (Å²) in [6.45, 7) is 3.69. The summed E-state index contributed by atoms with van der Waals surface area (Å²) in [4.78, 5) is 2.51. The van der Waals surface area contributed by atoms with E-state index in [-0.39, 0.29) is 0 Å². The van der Waals surface area contributed by atoms with Gasteiger partial charge in [0.25, 0.3) is 0 Å². The molecule has 14 heavy (non-hydrogen) atoms. The third kappa shape index (κ3) is 5.86. The smallest absolute Gasteiger partial charge is 0.160 e. The van der Waals surface area contributed by atoms with Crippen LogP contribution in [0.2, 0.25) is 0 Å². The first kappa shape index (κ1) is 12.3. The zero-order valence-corrected chi connectivity index (χ0v) is 9.51. The molecule has 3 nitrogen and oxygen atoms in total. The second-order valence-electron chi connectivity index (χ2n) is 3.81. The lowest BCUT2D eigenvalue weighted by molar-refractivity contribution is -0.0186. The summed E-state index contributed by atoms with van der Waals surface area (Å²) in [5, 5.41) is 17.2. The Morgan fingerprint density at radius 2 is 1.86 bits per heavy atom. The lowest BCUT2D eigenvalue weighted by Crippen LogP contribution is -2.30. The van der Waals surface area contributed by atoms with E-state index in [1.807, 2.05) is 0 Å². The molecule has 1 aliphatic rings. The number of nitrogens with zero attached hydrogens (tertiary/aromatic N) is 1. The van der Waals surface area contributed by atoms with Crippen molar-refractivity contribution in [3.63, 3.8) is 0 Å². The van der Waals surface area contributed by atoms with Crippen LogP contribution < -0.4 is 0 Å². The van der Waals surface area contributed by atoms with Crippen LogP contribution in [0.5, 0.6) is 0 Å². The minimum absolute atomic E-state index is 0.444. The quantitative estimate of drug-likeness (QED) is 0.515. The van der Waals surface area contributed by atoms with Gasteiger partial charge in [0.2, 0.25) is 0 Å². The van der Waals surface area contributed by atoms with E-state index in [1.165, 1.54) is 38.9 Å². The van der Waals surface area contributed by atoms with Gasteiger partial charge in [0, 0.05) is 5.75 Å². The third-order valence-corrected chi connectivity index (χ3v) is 3.59. The zero-order valence-electron chi connectivity index (χ0n) is 8.69. The number of thioether (sulfide) groups is 1. The van der Waals surface area contributed by atoms with Gasteiger partial charge < -0.3 is 15.1 Å². The Morgan fingerprint density at radius 3 is 2.50 bits per heavy atom. The molecule has 0 radical (unpaired) electrons. The van der Waals surface area contributed by atoms with Crippen molar-refractivity contribution in [2.45, 2.75) is 32.0 Å². The minimum Gasteiger partial charge on any atom is -0.367 e. The molecule has 1 rings (SSSR count). The van der Waals surface area contributed by atoms with Crippen molar-refractivity contribution >= 4 is 11.8 Å². The van der Waals surface area contributed by atoms with Gasteiger partial charge in [-0.25, -0.2) is 0 Å². The molecule has 1 aliphatic heterocycles. The van der Waals surface area contributed by atoms with Crippen molar-refractivity contribution in [1.82, 2.24) is 4.90 Å². The van der Waals surface area contributed by atoms with E-state index in [2.05, 4.69) is 4.90 Å². The van der Waals surface area contributed by atoms with Gasteiger partial charge >= 0.3 is 0 Å². The van der Waals surface area contributed by atoms with Crippen molar-refractivity contribution < 1.29 is 10.2 Å². The van der Waals surface area contributed by atoms with Gasteiger partial charge in [-0.05, 0) is 44.6 Å². The molecular weight excluding hydrogens is 198 g/mol. The van der Waals surface area contributed by atoms with E-state index in [9.17, 15) is 0 Å². The number of piperidine rings is 1. The Bertz CT molecular complexity index is 138. The second kappa shape index (κ2) is 7.51. The van der Waals surface area contributed by atoms with Gasteiger partial charge in [-0.3, -0.25) is 0 Å². The number of aliphatic hydroxyl groups is 2. The third-order valence-electron chi connectivity index (χ3n) is 2.48. The van der Waals surface area contributed by atoms with Crippen molar-refractivity contribution in [2.24, 2.45) is 0 Å². The molecule has 4 heteroatoms. The highest BCUT2D eigenvalue weighted by molar-refractivity contribution is 7.99. The van der Waals surface area contributed by atoms with Gasteiger partial charge in [0.1, 0.15) is 0 Å². The fraction of sp³-hybridized carbons (Fsp3) is 1.00. The predicted molar refractivity (Wildman–Crippen MR) is 60.5 cm³/mol. The largest absolute Gasteiger partial charge is 0.367 e. The van der Waals surface area contributed by atoms with Crippen molar-refractivity contribution in [3.05, 3.63) is 0 Å². The lowest BCUT2D eigenvalue weighted by Gasteiger charge is -2.26. The summed E-state index contributed by atoms with van der Waals surface area (Å²) in [6.07, 6.45) is 4.11. The summed E-state index contributed by atoms with van der Waals surface area (Å²) >= 11 is 1.62. The molecule has 0 spiro atoms. The molecule has 84 valence electrons. The Labute approximate surface area is 90.5 Å². The molecule has 0 bridgehead atoms. The van der Waals surface area contributed by atoms with Gasteiger partial charge in [-0.1, -0.05) is 6.42 Å². The first-order chi connectivity index (χ1) is 6.79. The Hall–Kier alpha value is 0.230. The number of likely N-dealkylation sites (tertiary alicyclic amines) is 1. The van der Waals surface area contributed by atoms with Crippen LogP contribution in [-0.2, 0) is 0 Å². The van der Waals surface area contributed by atoms with Crippen LogP contribution >= 0.6 is 11.8 Å². The maximum Gasteiger partial charge on any atom is 0.160 e. The molecule has 2 N–H and O–H groups in total. The molecule has 0 atom stereocenters. The molecule has 0 aromatic rings. The van der Waals surface area contributed by atoms with Gasteiger partial charge in [0.05, 0.1) is 0 Å². The highest BCUT2D eigenvalue weighted by atomic mass is 32.2. The first-order valence-electron chi connectivity index (χ1n) is 5.45. The maximum absolute atomic E-state index is 8.62. The fourth-order valence-corrected chi connectivity index (χ4v) is 2.47. The number of hydrogen-bond donors (Lipinski definition) is 2. The maximum atomic E-state index is 8.62. The highest BCUT2D eigenvalue weighted by Crippen LogP contribution is 2.10. The minimum atomic E-state index is -1.14. The van der Waals surface area contributed by atoms with Crippen LogP contribution in [0.15, 0.2) is 0 Å². The van der Waals surface area contributed by atoms with Crippen LogP contribution in [0.3, 0.4) is 0 Å². The summed E-state index contributed by atoms with van der Waals surface area (Å²) in [5.41, 5.74) is 0. The van der Waals surface area contributed by atoms with Crippen LogP contribution in [0, 0.1) is 0 Å². The fourth-order valence-electron chi connectivity index (χ4n) is 1.76. The summed E-state index contributed by atoms with van der Waals surface area (Å²) in [6, 6.07) is 0. The number of aliphatic hydroxyl groups excluding tert-OH is 1. The van der Waals surface area contributed by atoms with E-state index in [4.69, 9.17) is 10.2 Å². The van der Waals surface area contributed by atoms with Crippen molar-refractivity contribution in [1.29, 1.82) is 0 Å². The number of rotatable bonds is 6. The van der Waals surface area contributed by atoms with Crippen LogP contribution in [0.4, 0.5) is 0 Å². The lowest BCUT2D eigenvalue weighted by atomic mass is 10.1. The van der Waals surface area contributed by atoms with E-state index >= 15 is 0 Å². The van der Waals surface area contributed by atoms with E-state index in [1.54, 1.807) is 11.8 Å². The average molecular weight is 219 g/mol. The Balaban J connectivity index is 1.87. The van der Waals surface area contributed by atoms with E-state index in [0.29, 0.717) is 5.75 Å². The molecule has 0 aromatic heterocycles. The average Bonchev–Trinajstić information content (AvgIpc) is 2.18. The molecule has 0 aliphatic carbocycles. The van der Waals surface area contributed by atoms with Gasteiger partial charge in [-0.2, -0.15) is 11.8 Å². The summed E-state index contributed by atoms with van der Waals surface area (Å²) in [5.74, 6) is 1.48. The van der Waals surface area contributed by atoms with Gasteiger partial charge in [-0.15, -0.1) is 0 Å². The highest BCUT2D eigenvalue weighted by Gasteiger charge is 2.08. The Kier molecular flexibility index (Phi) is 6.60. The summed E-state index contributed by atoms with van der Waals surface area (Å²) < 4.78 is 0. The van der Waals surface area contributed by atoms with Crippen LogP contribution in [0.1, 0.15) is 25.7 Å². The normalized spacial score (nSPS) is 19.1. The SMILES string of the molecule is OC(O)CSCCCN1CCCCC1. The summed E-state index contributed by atoms with van der Waals surface area (Å²) in [7, 11) is 0. The molecular formula is C10H21NO2S. The monoisotopic (exact) mass is 219 g/mol.